The van der Waals surface area contributed by atoms with Gasteiger partial charge in [-0.3, -0.25) is 0 Å². The van der Waals surface area contributed by atoms with Gasteiger partial charge in [0, 0.05) is 0 Å². The standard InChI is InChI=1S/C13H18O5S2/c1-9-3-4-10(2)11(5-9)6-20(17,18)13-8-19(15,16)7-12(13)14/h3-5,12-14H,6-8H2,1-2H3/t12-,13-/m1/s1. The fourth-order valence-electron chi connectivity index (χ4n) is 2.42. The Morgan fingerprint density at radius 2 is 1.90 bits per heavy atom. The highest BCUT2D eigenvalue weighted by atomic mass is 32.2. The molecule has 0 bridgehead atoms. The number of hydrogen-bond donors (Lipinski definition) is 1. The van der Waals surface area contributed by atoms with Crippen LogP contribution in [0.15, 0.2) is 18.2 Å². The average molecular weight is 318 g/mol. The van der Waals surface area contributed by atoms with Crippen molar-refractivity contribution in [2.45, 2.75) is 31.0 Å². The summed E-state index contributed by atoms with van der Waals surface area (Å²) in [6, 6.07) is 5.51. The summed E-state index contributed by atoms with van der Waals surface area (Å²) < 4.78 is 47.6. The first kappa shape index (κ1) is 15.5. The molecular weight excluding hydrogens is 300 g/mol. The molecule has 0 aliphatic carbocycles. The molecule has 2 atom stereocenters. The first-order valence-corrected chi connectivity index (χ1v) is 9.80. The zero-order valence-electron chi connectivity index (χ0n) is 11.4. The van der Waals surface area contributed by atoms with Crippen LogP contribution in [0, 0.1) is 13.8 Å². The van der Waals surface area contributed by atoms with Crippen LogP contribution in [0.25, 0.3) is 0 Å². The molecule has 1 aromatic carbocycles. The normalized spacial score (nSPS) is 25.8. The molecule has 0 radical (unpaired) electrons. The van der Waals surface area contributed by atoms with Crippen molar-refractivity contribution in [2.75, 3.05) is 11.5 Å². The van der Waals surface area contributed by atoms with Crippen molar-refractivity contribution in [3.8, 4) is 0 Å². The third-order valence-corrected chi connectivity index (χ3v) is 7.64. The maximum atomic E-state index is 12.3. The summed E-state index contributed by atoms with van der Waals surface area (Å²) in [6.07, 6.45) is -1.32. The maximum absolute atomic E-state index is 12.3. The summed E-state index contributed by atoms with van der Waals surface area (Å²) in [7, 11) is -7.17. The largest absolute Gasteiger partial charge is 0.391 e. The first-order valence-electron chi connectivity index (χ1n) is 6.27. The van der Waals surface area contributed by atoms with E-state index in [0.29, 0.717) is 5.56 Å². The van der Waals surface area contributed by atoms with Gasteiger partial charge >= 0.3 is 0 Å². The van der Waals surface area contributed by atoms with Gasteiger partial charge in [-0.1, -0.05) is 23.8 Å². The van der Waals surface area contributed by atoms with Crippen LogP contribution in [0.3, 0.4) is 0 Å². The molecule has 1 saturated heterocycles. The lowest BCUT2D eigenvalue weighted by molar-refractivity contribution is 0.204. The van der Waals surface area contributed by atoms with E-state index in [0.717, 1.165) is 11.1 Å². The molecule has 20 heavy (non-hydrogen) atoms. The van der Waals surface area contributed by atoms with E-state index in [9.17, 15) is 21.9 Å². The Bertz CT molecular complexity index is 719. The minimum absolute atomic E-state index is 0.238. The van der Waals surface area contributed by atoms with E-state index < -0.39 is 42.5 Å². The van der Waals surface area contributed by atoms with Gasteiger partial charge in [-0.2, -0.15) is 0 Å². The van der Waals surface area contributed by atoms with E-state index in [1.165, 1.54) is 0 Å². The summed E-state index contributed by atoms with van der Waals surface area (Å²) in [5.74, 6) is -1.19. The van der Waals surface area contributed by atoms with Crippen LogP contribution in [-0.2, 0) is 25.4 Å². The molecule has 2 rings (SSSR count). The Kier molecular flexibility index (Phi) is 3.96. The molecule has 0 unspecified atom stereocenters. The molecule has 1 fully saturated rings. The lowest BCUT2D eigenvalue weighted by Gasteiger charge is -2.15. The van der Waals surface area contributed by atoms with Gasteiger partial charge in [0.1, 0.15) is 5.25 Å². The van der Waals surface area contributed by atoms with Gasteiger partial charge in [0.2, 0.25) is 0 Å². The first-order chi connectivity index (χ1) is 9.11. The molecule has 0 aromatic heterocycles. The minimum Gasteiger partial charge on any atom is -0.391 e. The molecule has 1 aliphatic rings. The monoisotopic (exact) mass is 318 g/mol. The van der Waals surface area contributed by atoms with E-state index in [1.807, 2.05) is 26.0 Å². The number of sulfone groups is 2. The van der Waals surface area contributed by atoms with Gasteiger partial charge in [-0.15, -0.1) is 0 Å². The Morgan fingerprint density at radius 3 is 2.45 bits per heavy atom. The average Bonchev–Trinajstić information content (AvgIpc) is 2.58. The number of aryl methyl sites for hydroxylation is 2. The molecule has 0 spiro atoms. The lowest BCUT2D eigenvalue weighted by Crippen LogP contribution is -2.33. The molecule has 5 nitrogen and oxygen atoms in total. The second-order valence-corrected chi connectivity index (χ2v) is 9.79. The van der Waals surface area contributed by atoms with Crippen molar-refractivity contribution in [3.63, 3.8) is 0 Å². The van der Waals surface area contributed by atoms with Crippen LogP contribution in [-0.4, -0.2) is 44.8 Å². The van der Waals surface area contributed by atoms with Crippen molar-refractivity contribution >= 4 is 19.7 Å². The van der Waals surface area contributed by atoms with Crippen LogP contribution < -0.4 is 0 Å². The zero-order valence-corrected chi connectivity index (χ0v) is 13.0. The number of benzene rings is 1. The molecule has 1 N–H and O–H groups in total. The van der Waals surface area contributed by atoms with Crippen molar-refractivity contribution < 1.29 is 21.9 Å². The number of hydrogen-bond acceptors (Lipinski definition) is 5. The Balaban J connectivity index is 2.30. The van der Waals surface area contributed by atoms with E-state index in [1.54, 1.807) is 6.07 Å². The van der Waals surface area contributed by atoms with Crippen molar-refractivity contribution in [1.29, 1.82) is 0 Å². The summed E-state index contributed by atoms with van der Waals surface area (Å²) in [5, 5.41) is 8.49. The summed E-state index contributed by atoms with van der Waals surface area (Å²) >= 11 is 0. The summed E-state index contributed by atoms with van der Waals surface area (Å²) in [6.45, 7) is 3.68. The van der Waals surface area contributed by atoms with E-state index in [2.05, 4.69) is 0 Å². The fourth-order valence-corrected chi connectivity index (χ4v) is 7.14. The van der Waals surface area contributed by atoms with Gasteiger partial charge in [-0.05, 0) is 25.0 Å². The third-order valence-electron chi connectivity index (χ3n) is 3.59. The Morgan fingerprint density at radius 1 is 1.25 bits per heavy atom. The van der Waals surface area contributed by atoms with Crippen LogP contribution in [0.2, 0.25) is 0 Å². The minimum atomic E-state index is -3.70. The molecule has 7 heteroatoms. The van der Waals surface area contributed by atoms with Crippen molar-refractivity contribution in [1.82, 2.24) is 0 Å². The molecule has 1 heterocycles. The van der Waals surface area contributed by atoms with Crippen LogP contribution >= 0.6 is 0 Å². The topological polar surface area (TPSA) is 88.5 Å². The number of rotatable bonds is 3. The highest BCUT2D eigenvalue weighted by Gasteiger charge is 2.44. The van der Waals surface area contributed by atoms with E-state index >= 15 is 0 Å². The highest BCUT2D eigenvalue weighted by Crippen LogP contribution is 2.24. The molecule has 0 amide bonds. The summed E-state index contributed by atoms with van der Waals surface area (Å²) in [5.41, 5.74) is 2.44. The predicted octanol–water partition coefficient (Wildman–Crippen LogP) is 0.376. The molecule has 1 aromatic rings. The van der Waals surface area contributed by atoms with Gasteiger partial charge in [-0.25, -0.2) is 16.8 Å². The van der Waals surface area contributed by atoms with Gasteiger partial charge in [0.25, 0.3) is 0 Å². The highest BCUT2D eigenvalue weighted by molar-refractivity contribution is 7.96. The number of aliphatic hydroxyl groups excluding tert-OH is 1. The smallest absolute Gasteiger partial charge is 0.160 e. The SMILES string of the molecule is Cc1ccc(C)c(CS(=O)(=O)[C@@H]2CS(=O)(=O)C[C@H]2O)c1. The molecule has 0 saturated carbocycles. The van der Waals surface area contributed by atoms with E-state index in [4.69, 9.17) is 0 Å². The van der Waals surface area contributed by atoms with Gasteiger partial charge in [0.05, 0.1) is 23.4 Å². The van der Waals surface area contributed by atoms with Crippen molar-refractivity contribution in [3.05, 3.63) is 34.9 Å². The molecule has 1 aliphatic heterocycles. The fraction of sp³-hybridized carbons (Fsp3) is 0.538. The van der Waals surface area contributed by atoms with Crippen molar-refractivity contribution in [2.24, 2.45) is 0 Å². The zero-order chi connectivity index (χ0) is 15.1. The van der Waals surface area contributed by atoms with Crippen LogP contribution in [0.1, 0.15) is 16.7 Å². The predicted molar refractivity (Wildman–Crippen MR) is 77.0 cm³/mol. The van der Waals surface area contributed by atoms with Gasteiger partial charge < -0.3 is 5.11 Å². The van der Waals surface area contributed by atoms with Gasteiger partial charge in [0.15, 0.2) is 19.7 Å². The Hall–Kier alpha value is -0.920. The maximum Gasteiger partial charge on any atom is 0.160 e. The third kappa shape index (κ3) is 3.21. The molecule has 112 valence electrons. The molecular formula is C13H18O5S2. The van der Waals surface area contributed by atoms with Crippen LogP contribution in [0.4, 0.5) is 0 Å². The second-order valence-electron chi connectivity index (χ2n) is 5.42. The number of aliphatic hydroxyl groups is 1. The quantitative estimate of drug-likeness (QED) is 0.870. The van der Waals surface area contributed by atoms with E-state index in [-0.39, 0.29) is 5.75 Å². The lowest BCUT2D eigenvalue weighted by atomic mass is 10.1. The summed E-state index contributed by atoms with van der Waals surface area (Å²) in [4.78, 5) is 0. The second kappa shape index (κ2) is 5.13. The van der Waals surface area contributed by atoms with Crippen LogP contribution in [0.5, 0.6) is 0 Å². The Labute approximate surface area is 119 Å².